The molecule has 1 unspecified atom stereocenters. The average molecular weight is 391 g/mol. The largest absolute Gasteiger partial charge is 0.340 e. The first kappa shape index (κ1) is 18.1. The van der Waals surface area contributed by atoms with E-state index in [1.54, 1.807) is 40.5 Å². The molecule has 1 atom stereocenters. The van der Waals surface area contributed by atoms with Gasteiger partial charge in [-0.3, -0.25) is 9.48 Å². The van der Waals surface area contributed by atoms with Crippen molar-refractivity contribution in [1.82, 2.24) is 15.1 Å². The predicted octanol–water partition coefficient (Wildman–Crippen LogP) is 4.65. The van der Waals surface area contributed by atoms with Crippen molar-refractivity contribution in [3.8, 4) is 0 Å². The third-order valence-corrected chi connectivity index (χ3v) is 5.33. The van der Waals surface area contributed by atoms with Crippen LogP contribution in [0.4, 0.5) is 4.39 Å². The minimum atomic E-state index is -0.342. The smallest absolute Gasteiger partial charge is 0.255 e. The lowest BCUT2D eigenvalue weighted by Gasteiger charge is -2.17. The van der Waals surface area contributed by atoms with Gasteiger partial charge in [0.2, 0.25) is 0 Å². The van der Waals surface area contributed by atoms with Crippen LogP contribution in [0.25, 0.3) is 0 Å². The second-order valence-electron chi connectivity index (χ2n) is 6.39. The Kier molecular flexibility index (Phi) is 5.30. The fourth-order valence-electron chi connectivity index (χ4n) is 2.98. The van der Waals surface area contributed by atoms with Gasteiger partial charge in [-0.25, -0.2) is 4.39 Å². The Bertz CT molecular complexity index is 1040. The van der Waals surface area contributed by atoms with Crippen LogP contribution in [0.15, 0.2) is 84.5 Å². The number of hydrogen-bond acceptors (Lipinski definition) is 3. The van der Waals surface area contributed by atoms with E-state index in [-0.39, 0.29) is 17.8 Å². The zero-order valence-electron chi connectivity index (χ0n) is 15.0. The summed E-state index contributed by atoms with van der Waals surface area (Å²) in [4.78, 5) is 13.8. The molecule has 0 saturated carbocycles. The zero-order valence-corrected chi connectivity index (χ0v) is 15.8. The molecule has 4 rings (SSSR count). The molecule has 4 aromatic rings. The molecule has 0 bridgehead atoms. The SMILES string of the molecule is O=C(NC(c1ccc(F)cc1)c1cccs1)c1cnn(Cc2ccccc2)c1. The van der Waals surface area contributed by atoms with Gasteiger partial charge in [-0.15, -0.1) is 11.3 Å². The molecule has 2 heterocycles. The van der Waals surface area contributed by atoms with Crippen molar-refractivity contribution in [1.29, 1.82) is 0 Å². The Morgan fingerprint density at radius 3 is 2.57 bits per heavy atom. The van der Waals surface area contributed by atoms with E-state index in [0.29, 0.717) is 12.1 Å². The van der Waals surface area contributed by atoms with Gasteiger partial charge in [-0.1, -0.05) is 48.5 Å². The number of carbonyl (C=O) groups excluding carboxylic acids is 1. The Hall–Kier alpha value is -3.25. The first-order chi connectivity index (χ1) is 13.7. The summed E-state index contributed by atoms with van der Waals surface area (Å²) in [6, 6.07) is 19.7. The molecule has 0 radical (unpaired) electrons. The van der Waals surface area contributed by atoms with Crippen molar-refractivity contribution in [2.75, 3.05) is 0 Å². The minimum Gasteiger partial charge on any atom is -0.340 e. The maximum Gasteiger partial charge on any atom is 0.255 e. The van der Waals surface area contributed by atoms with Gasteiger partial charge >= 0.3 is 0 Å². The first-order valence-corrected chi connectivity index (χ1v) is 9.73. The highest BCUT2D eigenvalue weighted by Gasteiger charge is 2.20. The third-order valence-electron chi connectivity index (χ3n) is 4.39. The van der Waals surface area contributed by atoms with E-state index in [1.807, 2.05) is 47.8 Å². The van der Waals surface area contributed by atoms with Crippen molar-refractivity contribution in [3.63, 3.8) is 0 Å². The summed E-state index contributed by atoms with van der Waals surface area (Å²) in [5.74, 6) is -0.524. The van der Waals surface area contributed by atoms with E-state index in [1.165, 1.54) is 12.1 Å². The predicted molar refractivity (Wildman–Crippen MR) is 108 cm³/mol. The molecule has 6 heteroatoms. The Morgan fingerprint density at radius 2 is 1.86 bits per heavy atom. The number of amides is 1. The quantitative estimate of drug-likeness (QED) is 0.520. The standard InChI is InChI=1S/C22H18FN3OS/c23-19-10-8-17(9-11-19)21(20-7-4-12-28-20)25-22(27)18-13-24-26(15-18)14-16-5-2-1-3-6-16/h1-13,15,21H,14H2,(H,25,27). The van der Waals surface area contributed by atoms with Gasteiger partial charge in [0.05, 0.1) is 24.3 Å². The summed E-state index contributed by atoms with van der Waals surface area (Å²) < 4.78 is 15.0. The van der Waals surface area contributed by atoms with E-state index in [9.17, 15) is 9.18 Å². The van der Waals surface area contributed by atoms with Crippen molar-refractivity contribution in [2.24, 2.45) is 0 Å². The van der Waals surface area contributed by atoms with Crippen LogP contribution in [0.2, 0.25) is 0 Å². The van der Waals surface area contributed by atoms with Crippen LogP contribution in [-0.2, 0) is 6.54 Å². The fourth-order valence-corrected chi connectivity index (χ4v) is 3.78. The molecule has 1 N–H and O–H groups in total. The summed E-state index contributed by atoms with van der Waals surface area (Å²) in [7, 11) is 0. The second kappa shape index (κ2) is 8.19. The van der Waals surface area contributed by atoms with Crippen molar-refractivity contribution in [2.45, 2.75) is 12.6 Å². The van der Waals surface area contributed by atoms with E-state index in [2.05, 4.69) is 10.4 Å². The highest BCUT2D eigenvalue weighted by atomic mass is 32.1. The second-order valence-corrected chi connectivity index (χ2v) is 7.36. The van der Waals surface area contributed by atoms with Crippen LogP contribution in [0.3, 0.4) is 0 Å². The van der Waals surface area contributed by atoms with Gasteiger partial charge in [-0.05, 0) is 34.7 Å². The number of thiophene rings is 1. The molecule has 2 aromatic heterocycles. The van der Waals surface area contributed by atoms with Gasteiger partial charge in [0.25, 0.3) is 5.91 Å². The Balaban J connectivity index is 1.52. The number of aromatic nitrogens is 2. The van der Waals surface area contributed by atoms with Crippen LogP contribution in [0.1, 0.15) is 32.4 Å². The van der Waals surface area contributed by atoms with Crippen LogP contribution in [0.5, 0.6) is 0 Å². The van der Waals surface area contributed by atoms with E-state index in [4.69, 9.17) is 0 Å². The molecular formula is C22H18FN3OS. The van der Waals surface area contributed by atoms with Gasteiger partial charge in [0.1, 0.15) is 5.82 Å². The van der Waals surface area contributed by atoms with E-state index >= 15 is 0 Å². The molecule has 0 aliphatic carbocycles. The van der Waals surface area contributed by atoms with Gasteiger partial charge in [0.15, 0.2) is 0 Å². The maximum absolute atomic E-state index is 13.3. The van der Waals surface area contributed by atoms with Gasteiger partial charge in [-0.2, -0.15) is 5.10 Å². The van der Waals surface area contributed by atoms with Gasteiger partial charge in [0, 0.05) is 11.1 Å². The van der Waals surface area contributed by atoms with Crippen LogP contribution < -0.4 is 5.32 Å². The summed E-state index contributed by atoms with van der Waals surface area (Å²) in [6.07, 6.45) is 3.30. The summed E-state index contributed by atoms with van der Waals surface area (Å²) in [6.45, 7) is 0.598. The lowest BCUT2D eigenvalue weighted by molar-refractivity contribution is 0.0943. The molecule has 140 valence electrons. The Morgan fingerprint density at radius 1 is 1.07 bits per heavy atom. The van der Waals surface area contributed by atoms with E-state index < -0.39 is 0 Å². The first-order valence-electron chi connectivity index (χ1n) is 8.85. The molecular weight excluding hydrogens is 373 g/mol. The van der Waals surface area contributed by atoms with Crippen molar-refractivity contribution < 1.29 is 9.18 Å². The summed E-state index contributed by atoms with van der Waals surface area (Å²) in [5, 5.41) is 9.29. The molecule has 2 aromatic carbocycles. The normalized spacial score (nSPS) is 11.9. The monoisotopic (exact) mass is 391 g/mol. The van der Waals surface area contributed by atoms with Crippen molar-refractivity contribution in [3.05, 3.63) is 112 Å². The summed E-state index contributed by atoms with van der Waals surface area (Å²) in [5.41, 5.74) is 2.42. The zero-order chi connectivity index (χ0) is 19.3. The minimum absolute atomic E-state index is 0.220. The molecule has 0 spiro atoms. The number of nitrogens with one attached hydrogen (secondary N) is 1. The highest BCUT2D eigenvalue weighted by Crippen LogP contribution is 2.26. The number of nitrogens with zero attached hydrogens (tertiary/aromatic N) is 2. The fraction of sp³-hybridized carbons (Fsp3) is 0.0909. The maximum atomic E-state index is 13.3. The molecule has 0 aliphatic rings. The molecule has 1 amide bonds. The average Bonchev–Trinajstić information content (AvgIpc) is 3.40. The topological polar surface area (TPSA) is 46.9 Å². The van der Waals surface area contributed by atoms with Gasteiger partial charge < -0.3 is 5.32 Å². The lowest BCUT2D eigenvalue weighted by Crippen LogP contribution is -2.28. The van der Waals surface area contributed by atoms with Crippen molar-refractivity contribution >= 4 is 17.2 Å². The lowest BCUT2D eigenvalue weighted by atomic mass is 10.0. The number of halogens is 1. The molecule has 0 fully saturated rings. The Labute approximate surface area is 166 Å². The van der Waals surface area contributed by atoms with E-state index in [0.717, 1.165) is 16.0 Å². The third kappa shape index (κ3) is 4.18. The summed E-state index contributed by atoms with van der Waals surface area (Å²) >= 11 is 1.54. The molecule has 4 nitrogen and oxygen atoms in total. The molecule has 0 aliphatic heterocycles. The molecule has 28 heavy (non-hydrogen) atoms. The number of hydrogen-bond donors (Lipinski definition) is 1. The molecule has 0 saturated heterocycles. The van der Waals surface area contributed by atoms with Crippen LogP contribution in [-0.4, -0.2) is 15.7 Å². The number of benzene rings is 2. The van der Waals surface area contributed by atoms with Crippen LogP contribution >= 0.6 is 11.3 Å². The van der Waals surface area contributed by atoms with Crippen LogP contribution in [0, 0.1) is 5.82 Å². The number of rotatable bonds is 6. The highest BCUT2D eigenvalue weighted by molar-refractivity contribution is 7.10. The number of carbonyl (C=O) groups is 1.